The summed E-state index contributed by atoms with van der Waals surface area (Å²) >= 11 is 0. The number of carbonyl (C=O) groups is 2. The molecule has 2 amide bonds. The standard InChI is InChI=1S/C42H82N2O2/c1-3-5-7-9-11-13-15-17-19-21-23-25-27-29-31-37-41(45)43-39-35-33-34-36-40(39)44-42(46)38-32-30-28-26-24-22-20-18-16-14-12-10-8-6-4-2/h39-40H,3-38H2,1-2H3,(H,43,45)(H,44,46). The van der Waals surface area contributed by atoms with E-state index in [2.05, 4.69) is 24.5 Å². The highest BCUT2D eigenvalue weighted by atomic mass is 16.2. The Morgan fingerprint density at radius 3 is 0.826 bits per heavy atom. The highest BCUT2D eigenvalue weighted by Crippen LogP contribution is 2.20. The Morgan fingerprint density at radius 1 is 0.370 bits per heavy atom. The van der Waals surface area contributed by atoms with Crippen molar-refractivity contribution in [2.24, 2.45) is 0 Å². The van der Waals surface area contributed by atoms with Gasteiger partial charge in [0.15, 0.2) is 0 Å². The van der Waals surface area contributed by atoms with Gasteiger partial charge in [-0.3, -0.25) is 9.59 Å². The van der Waals surface area contributed by atoms with Crippen LogP contribution in [0.1, 0.15) is 245 Å². The van der Waals surface area contributed by atoms with Crippen molar-refractivity contribution in [2.45, 2.75) is 257 Å². The van der Waals surface area contributed by atoms with E-state index in [4.69, 9.17) is 0 Å². The van der Waals surface area contributed by atoms with Crippen LogP contribution >= 0.6 is 0 Å². The van der Waals surface area contributed by atoms with Crippen LogP contribution in [0.2, 0.25) is 0 Å². The molecule has 2 atom stereocenters. The molecule has 4 nitrogen and oxygen atoms in total. The van der Waals surface area contributed by atoms with E-state index in [0.717, 1.165) is 51.4 Å². The largest absolute Gasteiger partial charge is 0.351 e. The molecular formula is C42H82N2O2. The Hall–Kier alpha value is -1.06. The van der Waals surface area contributed by atoms with Crippen molar-refractivity contribution in [2.75, 3.05) is 0 Å². The fourth-order valence-corrected chi connectivity index (χ4v) is 7.35. The van der Waals surface area contributed by atoms with Crippen LogP contribution < -0.4 is 10.6 Å². The third-order valence-electron chi connectivity index (χ3n) is 10.5. The second kappa shape index (κ2) is 33.8. The SMILES string of the molecule is CCCCCCCCCCCCCCCCCC(=O)NC1CCCCC1NC(=O)CCCCCCCCCCCCCCCCC. The molecule has 46 heavy (non-hydrogen) atoms. The fourth-order valence-electron chi connectivity index (χ4n) is 7.35. The van der Waals surface area contributed by atoms with Gasteiger partial charge in [-0.2, -0.15) is 0 Å². The molecule has 0 aromatic rings. The maximum atomic E-state index is 12.7. The van der Waals surface area contributed by atoms with Crippen LogP contribution in [0.4, 0.5) is 0 Å². The van der Waals surface area contributed by atoms with Crippen molar-refractivity contribution in [3.63, 3.8) is 0 Å². The van der Waals surface area contributed by atoms with Crippen molar-refractivity contribution in [3.05, 3.63) is 0 Å². The topological polar surface area (TPSA) is 58.2 Å². The van der Waals surface area contributed by atoms with E-state index in [1.165, 1.54) is 167 Å². The summed E-state index contributed by atoms with van der Waals surface area (Å²) < 4.78 is 0. The molecule has 0 saturated heterocycles. The summed E-state index contributed by atoms with van der Waals surface area (Å²) in [5, 5.41) is 6.58. The van der Waals surface area contributed by atoms with Crippen molar-refractivity contribution in [1.29, 1.82) is 0 Å². The predicted octanol–water partition coefficient (Wildman–Crippen LogP) is 13.1. The average molecular weight is 647 g/mol. The molecule has 272 valence electrons. The van der Waals surface area contributed by atoms with Gasteiger partial charge in [-0.15, -0.1) is 0 Å². The van der Waals surface area contributed by atoms with E-state index in [9.17, 15) is 9.59 Å². The molecule has 1 aliphatic carbocycles. The lowest BCUT2D eigenvalue weighted by Crippen LogP contribution is -2.53. The normalized spacial score (nSPS) is 16.5. The minimum Gasteiger partial charge on any atom is -0.351 e. The fraction of sp³-hybridized carbons (Fsp3) is 0.952. The van der Waals surface area contributed by atoms with Crippen molar-refractivity contribution in [1.82, 2.24) is 10.6 Å². The Labute approximate surface area is 288 Å². The van der Waals surface area contributed by atoms with Gasteiger partial charge < -0.3 is 10.6 Å². The van der Waals surface area contributed by atoms with Crippen molar-refractivity contribution < 1.29 is 9.59 Å². The molecule has 0 heterocycles. The zero-order valence-corrected chi connectivity index (χ0v) is 31.4. The first kappa shape index (κ1) is 43.0. The van der Waals surface area contributed by atoms with E-state index >= 15 is 0 Å². The van der Waals surface area contributed by atoms with Gasteiger partial charge in [0.05, 0.1) is 0 Å². The monoisotopic (exact) mass is 647 g/mol. The van der Waals surface area contributed by atoms with Crippen molar-refractivity contribution in [3.8, 4) is 0 Å². The molecule has 1 fully saturated rings. The zero-order valence-electron chi connectivity index (χ0n) is 31.4. The van der Waals surface area contributed by atoms with Gasteiger partial charge in [-0.05, 0) is 25.7 Å². The average Bonchev–Trinajstić information content (AvgIpc) is 3.05. The highest BCUT2D eigenvalue weighted by molar-refractivity contribution is 5.77. The molecule has 2 unspecified atom stereocenters. The summed E-state index contributed by atoms with van der Waals surface area (Å²) in [6, 6.07) is 0.227. The van der Waals surface area contributed by atoms with Crippen LogP contribution in [-0.2, 0) is 9.59 Å². The van der Waals surface area contributed by atoms with Crippen LogP contribution in [-0.4, -0.2) is 23.9 Å². The van der Waals surface area contributed by atoms with E-state index in [1.807, 2.05) is 0 Å². The lowest BCUT2D eigenvalue weighted by atomic mass is 9.90. The van der Waals surface area contributed by atoms with E-state index in [-0.39, 0.29) is 23.9 Å². The van der Waals surface area contributed by atoms with Crippen LogP contribution in [0.25, 0.3) is 0 Å². The van der Waals surface area contributed by atoms with E-state index < -0.39 is 0 Å². The Morgan fingerprint density at radius 2 is 0.587 bits per heavy atom. The second-order valence-electron chi connectivity index (χ2n) is 15.0. The first-order valence-electron chi connectivity index (χ1n) is 21.3. The number of hydrogen-bond donors (Lipinski definition) is 2. The van der Waals surface area contributed by atoms with Crippen LogP contribution in [0.3, 0.4) is 0 Å². The maximum Gasteiger partial charge on any atom is 0.220 e. The molecule has 2 N–H and O–H groups in total. The minimum absolute atomic E-state index is 0.114. The Bertz CT molecular complexity index is 610. The van der Waals surface area contributed by atoms with Crippen LogP contribution in [0, 0.1) is 0 Å². The summed E-state index contributed by atoms with van der Waals surface area (Å²) in [5.74, 6) is 0.367. The summed E-state index contributed by atoms with van der Waals surface area (Å²) in [6.45, 7) is 4.57. The first-order chi connectivity index (χ1) is 22.7. The molecule has 0 bridgehead atoms. The summed E-state index contributed by atoms with van der Waals surface area (Å²) in [5.41, 5.74) is 0. The van der Waals surface area contributed by atoms with E-state index in [0.29, 0.717) is 12.8 Å². The van der Waals surface area contributed by atoms with E-state index in [1.54, 1.807) is 0 Å². The van der Waals surface area contributed by atoms with Crippen LogP contribution in [0.15, 0.2) is 0 Å². The predicted molar refractivity (Wildman–Crippen MR) is 201 cm³/mol. The maximum absolute atomic E-state index is 12.7. The summed E-state index contributed by atoms with van der Waals surface area (Å²) in [7, 11) is 0. The molecule has 1 rings (SSSR count). The van der Waals surface area contributed by atoms with Gasteiger partial charge in [-0.25, -0.2) is 0 Å². The molecule has 0 aromatic heterocycles. The Balaban J connectivity index is 1.96. The summed E-state index contributed by atoms with van der Waals surface area (Å²) in [4.78, 5) is 25.4. The Kier molecular flexibility index (Phi) is 31.6. The smallest absolute Gasteiger partial charge is 0.220 e. The van der Waals surface area contributed by atoms with Crippen LogP contribution in [0.5, 0.6) is 0 Å². The number of carbonyl (C=O) groups excluding carboxylic acids is 2. The van der Waals surface area contributed by atoms with Gasteiger partial charge in [0.25, 0.3) is 0 Å². The molecule has 0 radical (unpaired) electrons. The number of hydrogen-bond acceptors (Lipinski definition) is 2. The lowest BCUT2D eigenvalue weighted by molar-refractivity contribution is -0.125. The number of amides is 2. The summed E-state index contributed by atoms with van der Waals surface area (Å²) in [6.07, 6.45) is 45.9. The number of rotatable bonds is 34. The van der Waals surface area contributed by atoms with Gasteiger partial charge in [0, 0.05) is 24.9 Å². The number of nitrogens with one attached hydrogen (secondary N) is 2. The van der Waals surface area contributed by atoms with Gasteiger partial charge in [-0.1, -0.05) is 206 Å². The van der Waals surface area contributed by atoms with Gasteiger partial charge in [0.2, 0.25) is 11.8 Å². The molecule has 4 heteroatoms. The number of unbranched alkanes of at least 4 members (excludes halogenated alkanes) is 28. The molecule has 0 aliphatic heterocycles. The minimum atomic E-state index is 0.114. The van der Waals surface area contributed by atoms with Gasteiger partial charge >= 0.3 is 0 Å². The third kappa shape index (κ3) is 28.0. The molecule has 0 spiro atoms. The van der Waals surface area contributed by atoms with Crippen molar-refractivity contribution >= 4 is 11.8 Å². The molecular weight excluding hydrogens is 564 g/mol. The zero-order chi connectivity index (χ0) is 33.2. The first-order valence-corrected chi connectivity index (χ1v) is 21.3. The third-order valence-corrected chi connectivity index (χ3v) is 10.5. The molecule has 0 aromatic carbocycles. The molecule has 1 aliphatic rings. The quantitative estimate of drug-likeness (QED) is 0.0683. The highest BCUT2D eigenvalue weighted by Gasteiger charge is 2.27. The second-order valence-corrected chi connectivity index (χ2v) is 15.0. The molecule has 1 saturated carbocycles. The lowest BCUT2D eigenvalue weighted by Gasteiger charge is -2.33. The van der Waals surface area contributed by atoms with Gasteiger partial charge in [0.1, 0.15) is 0 Å².